The van der Waals surface area contributed by atoms with Crippen molar-refractivity contribution in [2.24, 2.45) is 4.99 Å². The van der Waals surface area contributed by atoms with Gasteiger partial charge in [-0.05, 0) is 52.7 Å². The highest BCUT2D eigenvalue weighted by Gasteiger charge is 2.01. The van der Waals surface area contributed by atoms with Crippen molar-refractivity contribution >= 4 is 45.9 Å². The monoisotopic (exact) mass is 494 g/mol. The highest BCUT2D eigenvalue weighted by atomic mass is 127. The molecule has 0 saturated carbocycles. The maximum atomic E-state index is 13.5. The first-order chi connectivity index (χ1) is 10.7. The van der Waals surface area contributed by atoms with E-state index in [0.717, 1.165) is 31.2 Å². The van der Waals surface area contributed by atoms with Crippen LogP contribution in [0.15, 0.2) is 52.2 Å². The lowest BCUT2D eigenvalue weighted by atomic mass is 10.2. The molecule has 0 amide bonds. The minimum absolute atomic E-state index is 0. The highest BCUT2D eigenvalue weighted by Crippen LogP contribution is 2.16. The Labute approximate surface area is 161 Å². The average molecular weight is 495 g/mol. The van der Waals surface area contributed by atoms with Crippen LogP contribution in [-0.4, -0.2) is 23.6 Å². The van der Waals surface area contributed by atoms with E-state index < -0.39 is 0 Å². The van der Waals surface area contributed by atoms with E-state index in [1.54, 1.807) is 6.07 Å². The van der Waals surface area contributed by atoms with Crippen LogP contribution >= 0.6 is 39.9 Å². The van der Waals surface area contributed by atoms with Gasteiger partial charge in [-0.1, -0.05) is 6.07 Å². The van der Waals surface area contributed by atoms with Crippen molar-refractivity contribution in [3.8, 4) is 0 Å². The van der Waals surface area contributed by atoms with Crippen LogP contribution in [0.1, 0.15) is 12.5 Å². The molecule has 2 rings (SSSR count). The van der Waals surface area contributed by atoms with Crippen LogP contribution in [0.3, 0.4) is 0 Å². The van der Waals surface area contributed by atoms with Gasteiger partial charge < -0.3 is 15.2 Å². The van der Waals surface area contributed by atoms with E-state index in [1.807, 2.05) is 37.5 Å². The van der Waals surface area contributed by atoms with Crippen LogP contribution in [0.4, 0.5) is 4.39 Å². The Hall–Kier alpha value is -1.09. The van der Waals surface area contributed by atoms with Gasteiger partial charge in [-0.3, -0.25) is 0 Å². The number of halogens is 3. The molecule has 0 fully saturated rings. The van der Waals surface area contributed by atoms with Crippen molar-refractivity contribution < 1.29 is 4.39 Å². The first-order valence-electron chi connectivity index (χ1n) is 7.26. The zero-order valence-corrected chi connectivity index (χ0v) is 16.8. The molecule has 0 radical (unpaired) electrons. The molecule has 23 heavy (non-hydrogen) atoms. The van der Waals surface area contributed by atoms with E-state index >= 15 is 0 Å². The standard InChI is InChI=1S/C16H20BrFN4.HI/c1-2-19-16(20-7-10-22-8-3-4-9-22)21-12-13-5-6-14(17)15(18)11-13;/h3-6,8-9,11H,2,7,10,12H2,1H3,(H2,19,20,21);1H. The summed E-state index contributed by atoms with van der Waals surface area (Å²) in [6, 6.07) is 9.06. The molecule has 7 heteroatoms. The molecule has 2 N–H and O–H groups in total. The summed E-state index contributed by atoms with van der Waals surface area (Å²) >= 11 is 3.15. The third kappa shape index (κ3) is 6.90. The van der Waals surface area contributed by atoms with E-state index in [1.165, 1.54) is 6.07 Å². The molecule has 0 aliphatic carbocycles. The van der Waals surface area contributed by atoms with Crippen LogP contribution < -0.4 is 10.6 Å². The topological polar surface area (TPSA) is 41.4 Å². The highest BCUT2D eigenvalue weighted by molar-refractivity contribution is 14.0. The Kier molecular flexibility index (Phi) is 9.23. The van der Waals surface area contributed by atoms with Gasteiger partial charge in [0.2, 0.25) is 0 Å². The van der Waals surface area contributed by atoms with Gasteiger partial charge in [0.15, 0.2) is 5.96 Å². The van der Waals surface area contributed by atoms with Gasteiger partial charge in [0.25, 0.3) is 0 Å². The molecule has 0 saturated heterocycles. The molecule has 0 unspecified atom stereocenters. The maximum absolute atomic E-state index is 13.5. The van der Waals surface area contributed by atoms with Crippen LogP contribution in [0.2, 0.25) is 0 Å². The van der Waals surface area contributed by atoms with Gasteiger partial charge in [-0.2, -0.15) is 0 Å². The molecule has 0 aliphatic rings. The quantitative estimate of drug-likeness (QED) is 0.364. The molecule has 2 aromatic rings. The van der Waals surface area contributed by atoms with Gasteiger partial charge in [-0.25, -0.2) is 9.38 Å². The number of aromatic nitrogens is 1. The SMILES string of the molecule is CCNC(=NCc1ccc(Br)c(F)c1)NCCn1cccc1.I. The molecule has 0 bridgehead atoms. The second kappa shape index (κ2) is 10.6. The molecule has 4 nitrogen and oxygen atoms in total. The minimum atomic E-state index is -0.265. The largest absolute Gasteiger partial charge is 0.357 e. The molecule has 126 valence electrons. The molecule has 1 heterocycles. The van der Waals surface area contributed by atoms with Gasteiger partial charge in [-0.15, -0.1) is 24.0 Å². The zero-order chi connectivity index (χ0) is 15.8. The van der Waals surface area contributed by atoms with Crippen LogP contribution in [0.25, 0.3) is 0 Å². The summed E-state index contributed by atoms with van der Waals surface area (Å²) in [5.74, 6) is 0.469. The first-order valence-corrected chi connectivity index (χ1v) is 8.05. The normalized spacial score (nSPS) is 11.0. The summed E-state index contributed by atoms with van der Waals surface area (Å²) in [7, 11) is 0. The van der Waals surface area contributed by atoms with Crippen molar-refractivity contribution in [3.63, 3.8) is 0 Å². The fourth-order valence-electron chi connectivity index (χ4n) is 1.97. The Balaban J connectivity index is 0.00000264. The Morgan fingerprint density at radius 3 is 2.65 bits per heavy atom. The van der Waals surface area contributed by atoms with Crippen LogP contribution in [-0.2, 0) is 13.1 Å². The van der Waals surface area contributed by atoms with E-state index in [0.29, 0.717) is 11.0 Å². The second-order valence-corrected chi connectivity index (χ2v) is 5.65. The molecule has 0 spiro atoms. The summed E-state index contributed by atoms with van der Waals surface area (Å²) in [5, 5.41) is 6.46. The Bertz CT molecular complexity index is 617. The Morgan fingerprint density at radius 2 is 2.00 bits per heavy atom. The molecule has 0 aliphatic heterocycles. The van der Waals surface area contributed by atoms with E-state index in [4.69, 9.17) is 0 Å². The number of hydrogen-bond acceptors (Lipinski definition) is 1. The summed E-state index contributed by atoms with van der Waals surface area (Å²) in [4.78, 5) is 4.48. The number of aliphatic imine (C=N–C) groups is 1. The van der Waals surface area contributed by atoms with Gasteiger partial charge in [0.1, 0.15) is 5.82 Å². The van der Waals surface area contributed by atoms with E-state index in [2.05, 4.69) is 36.1 Å². The zero-order valence-electron chi connectivity index (χ0n) is 12.9. The molecule has 1 aromatic heterocycles. The molecule has 1 aromatic carbocycles. The second-order valence-electron chi connectivity index (χ2n) is 4.79. The predicted octanol–water partition coefficient (Wildman–Crippen LogP) is 3.76. The maximum Gasteiger partial charge on any atom is 0.191 e. The smallest absolute Gasteiger partial charge is 0.191 e. The number of nitrogens with zero attached hydrogens (tertiary/aromatic N) is 2. The van der Waals surface area contributed by atoms with Gasteiger partial charge in [0.05, 0.1) is 11.0 Å². The predicted molar refractivity (Wildman–Crippen MR) is 107 cm³/mol. The lowest BCUT2D eigenvalue weighted by Crippen LogP contribution is -2.38. The Morgan fingerprint density at radius 1 is 1.26 bits per heavy atom. The van der Waals surface area contributed by atoms with Crippen molar-refractivity contribution in [2.75, 3.05) is 13.1 Å². The average Bonchev–Trinajstić information content (AvgIpc) is 3.01. The van der Waals surface area contributed by atoms with Crippen LogP contribution in [0, 0.1) is 5.82 Å². The third-order valence-electron chi connectivity index (χ3n) is 3.08. The van der Waals surface area contributed by atoms with Gasteiger partial charge in [0, 0.05) is 32.0 Å². The molecule has 0 atom stereocenters. The van der Waals surface area contributed by atoms with Crippen molar-refractivity contribution in [2.45, 2.75) is 20.0 Å². The number of nitrogens with one attached hydrogen (secondary N) is 2. The van der Waals surface area contributed by atoms with E-state index in [-0.39, 0.29) is 29.8 Å². The van der Waals surface area contributed by atoms with Crippen molar-refractivity contribution in [1.29, 1.82) is 0 Å². The first kappa shape index (κ1) is 20.0. The molecular weight excluding hydrogens is 474 g/mol. The number of rotatable bonds is 6. The molecular formula is C16H21BrFIN4. The fraction of sp³-hybridized carbons (Fsp3) is 0.312. The van der Waals surface area contributed by atoms with Gasteiger partial charge >= 0.3 is 0 Å². The van der Waals surface area contributed by atoms with Crippen molar-refractivity contribution in [1.82, 2.24) is 15.2 Å². The number of guanidine groups is 1. The lowest BCUT2D eigenvalue weighted by Gasteiger charge is -2.11. The third-order valence-corrected chi connectivity index (χ3v) is 3.72. The summed E-state index contributed by atoms with van der Waals surface area (Å²) in [6.45, 7) is 4.87. The number of hydrogen-bond donors (Lipinski definition) is 2. The van der Waals surface area contributed by atoms with Crippen molar-refractivity contribution in [3.05, 3.63) is 58.6 Å². The summed E-state index contributed by atoms with van der Waals surface area (Å²) in [6.07, 6.45) is 4.05. The summed E-state index contributed by atoms with van der Waals surface area (Å²) in [5.41, 5.74) is 0.836. The minimum Gasteiger partial charge on any atom is -0.357 e. The van der Waals surface area contributed by atoms with Crippen LogP contribution in [0.5, 0.6) is 0 Å². The number of benzene rings is 1. The van der Waals surface area contributed by atoms with E-state index in [9.17, 15) is 4.39 Å². The summed E-state index contributed by atoms with van der Waals surface area (Å²) < 4.78 is 16.0. The fourth-order valence-corrected chi connectivity index (χ4v) is 2.22. The lowest BCUT2D eigenvalue weighted by molar-refractivity contribution is 0.618.